The van der Waals surface area contributed by atoms with Gasteiger partial charge in [0.2, 0.25) is 11.8 Å². The number of hydrogen-bond donors (Lipinski definition) is 2. The molecule has 5 heteroatoms. The number of benzene rings is 3. The van der Waals surface area contributed by atoms with E-state index in [0.717, 1.165) is 27.6 Å². The molecular formula is C24H25N3O2. The van der Waals surface area contributed by atoms with Gasteiger partial charge in [0.15, 0.2) is 0 Å². The lowest BCUT2D eigenvalue weighted by molar-refractivity contribution is -0.124. The molecule has 0 saturated heterocycles. The minimum absolute atomic E-state index is 0.0746. The summed E-state index contributed by atoms with van der Waals surface area (Å²) < 4.78 is 0. The van der Waals surface area contributed by atoms with E-state index in [1.807, 2.05) is 75.4 Å². The smallest absolute Gasteiger partial charge is 0.240 e. The summed E-state index contributed by atoms with van der Waals surface area (Å²) in [6, 6.07) is 19.9. The van der Waals surface area contributed by atoms with Gasteiger partial charge in [0, 0.05) is 18.5 Å². The number of hydrazone groups is 1. The van der Waals surface area contributed by atoms with Gasteiger partial charge in [0.05, 0.1) is 5.71 Å². The second-order valence-electron chi connectivity index (χ2n) is 7.14. The summed E-state index contributed by atoms with van der Waals surface area (Å²) in [7, 11) is 0. The number of aryl methyl sites for hydroxylation is 2. The molecule has 0 spiro atoms. The van der Waals surface area contributed by atoms with E-state index in [1.54, 1.807) is 0 Å². The van der Waals surface area contributed by atoms with Gasteiger partial charge in [-0.3, -0.25) is 9.59 Å². The quantitative estimate of drug-likeness (QED) is 0.475. The van der Waals surface area contributed by atoms with Crippen LogP contribution in [-0.2, 0) is 9.59 Å². The molecule has 0 fully saturated rings. The highest BCUT2D eigenvalue weighted by Crippen LogP contribution is 2.16. The molecule has 3 aromatic rings. The summed E-state index contributed by atoms with van der Waals surface area (Å²) in [5, 5.41) is 9.26. The summed E-state index contributed by atoms with van der Waals surface area (Å²) >= 11 is 0. The Morgan fingerprint density at radius 3 is 2.31 bits per heavy atom. The maximum atomic E-state index is 12.1. The van der Waals surface area contributed by atoms with Crippen LogP contribution in [0.4, 0.5) is 5.69 Å². The van der Waals surface area contributed by atoms with Crippen LogP contribution in [0.25, 0.3) is 10.8 Å². The van der Waals surface area contributed by atoms with Crippen LogP contribution < -0.4 is 10.7 Å². The van der Waals surface area contributed by atoms with Crippen molar-refractivity contribution in [1.82, 2.24) is 5.43 Å². The van der Waals surface area contributed by atoms with E-state index in [1.165, 1.54) is 5.56 Å². The molecule has 0 unspecified atom stereocenters. The van der Waals surface area contributed by atoms with Crippen LogP contribution in [-0.4, -0.2) is 17.5 Å². The molecule has 0 aliphatic carbocycles. The van der Waals surface area contributed by atoms with Gasteiger partial charge in [-0.1, -0.05) is 42.5 Å². The zero-order chi connectivity index (χ0) is 20.8. The van der Waals surface area contributed by atoms with E-state index >= 15 is 0 Å². The van der Waals surface area contributed by atoms with Crippen LogP contribution in [0.2, 0.25) is 0 Å². The average molecular weight is 387 g/mol. The molecule has 3 rings (SSSR count). The van der Waals surface area contributed by atoms with E-state index in [0.29, 0.717) is 5.71 Å². The maximum Gasteiger partial charge on any atom is 0.240 e. The fourth-order valence-electron chi connectivity index (χ4n) is 2.95. The van der Waals surface area contributed by atoms with Crippen molar-refractivity contribution < 1.29 is 9.59 Å². The summed E-state index contributed by atoms with van der Waals surface area (Å²) in [6.07, 6.45) is 0.175. The first-order chi connectivity index (χ1) is 13.9. The number of carbonyl (C=O) groups is 2. The maximum absolute atomic E-state index is 12.1. The second-order valence-corrected chi connectivity index (χ2v) is 7.14. The van der Waals surface area contributed by atoms with Crippen molar-refractivity contribution in [3.8, 4) is 0 Å². The lowest BCUT2D eigenvalue weighted by Crippen LogP contribution is -2.21. The van der Waals surface area contributed by atoms with Gasteiger partial charge in [-0.15, -0.1) is 0 Å². The topological polar surface area (TPSA) is 70.6 Å². The summed E-state index contributed by atoms with van der Waals surface area (Å²) in [6.45, 7) is 5.86. The SMILES string of the molecule is C/C(=N\NC(=O)CCC(=O)Nc1ccc(C)c(C)c1)c1ccc2ccccc2c1. The van der Waals surface area contributed by atoms with Gasteiger partial charge in [0.1, 0.15) is 0 Å². The Morgan fingerprint density at radius 1 is 0.828 bits per heavy atom. The Bertz CT molecular complexity index is 1090. The van der Waals surface area contributed by atoms with Crippen LogP contribution in [0.1, 0.15) is 36.5 Å². The van der Waals surface area contributed by atoms with Crippen molar-refractivity contribution in [2.45, 2.75) is 33.6 Å². The van der Waals surface area contributed by atoms with Crippen molar-refractivity contribution in [3.05, 3.63) is 77.4 Å². The molecule has 0 radical (unpaired) electrons. The highest BCUT2D eigenvalue weighted by atomic mass is 16.2. The largest absolute Gasteiger partial charge is 0.326 e. The van der Waals surface area contributed by atoms with Gasteiger partial charge in [-0.25, -0.2) is 5.43 Å². The molecule has 5 nitrogen and oxygen atoms in total. The fourth-order valence-corrected chi connectivity index (χ4v) is 2.95. The molecule has 0 bridgehead atoms. The highest BCUT2D eigenvalue weighted by Gasteiger charge is 2.08. The third-order valence-corrected chi connectivity index (χ3v) is 4.89. The second kappa shape index (κ2) is 9.15. The minimum atomic E-state index is -0.291. The monoisotopic (exact) mass is 387 g/mol. The molecule has 0 aliphatic heterocycles. The fraction of sp³-hybridized carbons (Fsp3) is 0.208. The number of fused-ring (bicyclic) bond motifs is 1. The number of anilines is 1. The molecule has 2 amide bonds. The van der Waals surface area contributed by atoms with Gasteiger partial charge in [0.25, 0.3) is 0 Å². The molecule has 2 N–H and O–H groups in total. The van der Waals surface area contributed by atoms with Gasteiger partial charge < -0.3 is 5.32 Å². The number of rotatable bonds is 6. The summed E-state index contributed by atoms with van der Waals surface area (Å²) in [4.78, 5) is 24.1. The molecule has 3 aromatic carbocycles. The molecule has 0 heterocycles. The lowest BCUT2D eigenvalue weighted by Gasteiger charge is -2.08. The van der Waals surface area contributed by atoms with E-state index < -0.39 is 0 Å². The number of nitrogens with one attached hydrogen (secondary N) is 2. The first-order valence-corrected chi connectivity index (χ1v) is 9.62. The highest BCUT2D eigenvalue weighted by molar-refractivity contribution is 6.02. The number of carbonyl (C=O) groups excluding carboxylic acids is 2. The zero-order valence-corrected chi connectivity index (χ0v) is 17.0. The normalized spacial score (nSPS) is 11.3. The molecule has 0 aromatic heterocycles. The Hall–Kier alpha value is -3.47. The first-order valence-electron chi connectivity index (χ1n) is 9.62. The summed E-state index contributed by atoms with van der Waals surface area (Å²) in [5.74, 6) is -0.487. The van der Waals surface area contributed by atoms with Gasteiger partial charge >= 0.3 is 0 Å². The van der Waals surface area contributed by atoms with Crippen LogP contribution in [0, 0.1) is 13.8 Å². The lowest BCUT2D eigenvalue weighted by atomic mass is 10.0. The third-order valence-electron chi connectivity index (χ3n) is 4.89. The van der Waals surface area contributed by atoms with E-state index in [2.05, 4.69) is 21.9 Å². The van der Waals surface area contributed by atoms with Crippen molar-refractivity contribution in [3.63, 3.8) is 0 Å². The Morgan fingerprint density at radius 2 is 1.55 bits per heavy atom. The van der Waals surface area contributed by atoms with Gasteiger partial charge in [-0.2, -0.15) is 5.10 Å². The van der Waals surface area contributed by atoms with E-state index in [4.69, 9.17) is 0 Å². The van der Waals surface area contributed by atoms with Gasteiger partial charge in [-0.05, 0) is 66.4 Å². The van der Waals surface area contributed by atoms with Crippen molar-refractivity contribution >= 4 is 34.0 Å². The molecule has 0 atom stereocenters. The van der Waals surface area contributed by atoms with Crippen LogP contribution in [0.15, 0.2) is 65.8 Å². The molecule has 0 aliphatic rings. The third kappa shape index (κ3) is 5.51. The van der Waals surface area contributed by atoms with Crippen molar-refractivity contribution in [2.75, 3.05) is 5.32 Å². The molecule has 29 heavy (non-hydrogen) atoms. The zero-order valence-electron chi connectivity index (χ0n) is 17.0. The van der Waals surface area contributed by atoms with Crippen molar-refractivity contribution in [2.24, 2.45) is 5.10 Å². The minimum Gasteiger partial charge on any atom is -0.326 e. The van der Waals surface area contributed by atoms with Crippen molar-refractivity contribution in [1.29, 1.82) is 0 Å². The van der Waals surface area contributed by atoms with Crippen LogP contribution in [0.5, 0.6) is 0 Å². The molecular weight excluding hydrogens is 362 g/mol. The Kier molecular flexibility index (Phi) is 6.39. The Labute approximate surface area is 170 Å². The average Bonchev–Trinajstić information content (AvgIpc) is 2.72. The number of hydrogen-bond acceptors (Lipinski definition) is 3. The molecule has 0 saturated carbocycles. The number of nitrogens with zero attached hydrogens (tertiary/aromatic N) is 1. The molecule has 148 valence electrons. The van der Waals surface area contributed by atoms with E-state index in [9.17, 15) is 9.59 Å². The predicted molar refractivity (Wildman–Crippen MR) is 118 cm³/mol. The summed E-state index contributed by atoms with van der Waals surface area (Å²) in [5.41, 5.74) is 7.21. The van der Waals surface area contributed by atoms with E-state index in [-0.39, 0.29) is 24.7 Å². The standard InChI is InChI=1S/C24H25N3O2/c1-16-8-11-22(14-17(16)2)25-23(28)12-13-24(29)27-26-18(3)20-10-9-19-6-4-5-7-21(19)15-20/h4-11,14-15H,12-13H2,1-3H3,(H,25,28)(H,27,29)/b26-18+. The van der Waals surface area contributed by atoms with Crippen LogP contribution >= 0.6 is 0 Å². The predicted octanol–water partition coefficient (Wildman–Crippen LogP) is 4.72. The van der Waals surface area contributed by atoms with Crippen LogP contribution in [0.3, 0.4) is 0 Å². The number of amides is 2. The Balaban J connectivity index is 1.51. The first kappa shape index (κ1) is 20.3.